The first kappa shape index (κ1) is 16.1. The van der Waals surface area contributed by atoms with Crippen LogP contribution in [-0.4, -0.2) is 29.2 Å². The molecule has 0 aliphatic heterocycles. The smallest absolute Gasteiger partial charge is 0.410 e. The quantitative estimate of drug-likeness (QED) is 0.703. The Morgan fingerprint density at radius 3 is 2.21 bits per heavy atom. The summed E-state index contributed by atoms with van der Waals surface area (Å²) >= 11 is 0. The average Bonchev–Trinajstić information content (AvgIpc) is 2.24. The van der Waals surface area contributed by atoms with E-state index in [0.29, 0.717) is 12.6 Å². The monoisotopic (exact) mass is 267 g/mol. The predicted octanol–water partition coefficient (Wildman–Crippen LogP) is 4.52. The lowest BCUT2D eigenvalue weighted by Gasteiger charge is -2.34. The molecule has 0 N–H and O–H groups in total. The number of carbonyl (C=O) groups excluding carboxylic acids is 1. The minimum atomic E-state index is -0.432. The van der Waals surface area contributed by atoms with E-state index in [9.17, 15) is 4.79 Å². The Hall–Kier alpha value is -0.990. The molecule has 1 aliphatic rings. The topological polar surface area (TPSA) is 29.5 Å². The molecular formula is C16H29NO2. The molecule has 1 saturated carbocycles. The van der Waals surface area contributed by atoms with Crippen LogP contribution in [-0.2, 0) is 4.74 Å². The minimum Gasteiger partial charge on any atom is -0.444 e. The maximum atomic E-state index is 12.3. The van der Waals surface area contributed by atoms with Crippen LogP contribution in [0.5, 0.6) is 0 Å². The third kappa shape index (κ3) is 6.13. The number of hydrogen-bond acceptors (Lipinski definition) is 2. The third-order valence-corrected chi connectivity index (χ3v) is 3.47. The lowest BCUT2D eigenvalue weighted by molar-refractivity contribution is 0.0162. The van der Waals surface area contributed by atoms with E-state index in [1.54, 1.807) is 6.08 Å². The molecule has 0 saturated heterocycles. The molecule has 1 aliphatic carbocycles. The molecule has 0 radical (unpaired) electrons. The largest absolute Gasteiger partial charge is 0.444 e. The van der Waals surface area contributed by atoms with Crippen molar-refractivity contribution >= 4 is 6.09 Å². The summed E-state index contributed by atoms with van der Waals surface area (Å²) in [5, 5.41) is 0. The average molecular weight is 267 g/mol. The normalized spacial score (nSPS) is 18.3. The second kappa shape index (κ2) is 7.56. The molecule has 0 aromatic rings. The summed E-state index contributed by atoms with van der Waals surface area (Å²) in [7, 11) is 0. The van der Waals surface area contributed by atoms with E-state index in [4.69, 9.17) is 4.74 Å². The molecule has 0 unspecified atom stereocenters. The van der Waals surface area contributed by atoms with Gasteiger partial charge in [0.2, 0.25) is 0 Å². The van der Waals surface area contributed by atoms with Gasteiger partial charge in [0.25, 0.3) is 0 Å². The van der Waals surface area contributed by atoms with E-state index >= 15 is 0 Å². The van der Waals surface area contributed by atoms with Gasteiger partial charge in [0.05, 0.1) is 0 Å². The van der Waals surface area contributed by atoms with Gasteiger partial charge < -0.3 is 9.64 Å². The Morgan fingerprint density at radius 1 is 1.21 bits per heavy atom. The number of rotatable bonds is 3. The van der Waals surface area contributed by atoms with E-state index in [1.807, 2.05) is 25.7 Å². The fourth-order valence-electron chi connectivity index (χ4n) is 2.58. The highest BCUT2D eigenvalue weighted by molar-refractivity contribution is 5.68. The predicted molar refractivity (Wildman–Crippen MR) is 79.2 cm³/mol. The van der Waals surface area contributed by atoms with Gasteiger partial charge in [-0.2, -0.15) is 0 Å². The standard InChI is InChI=1S/C16H29NO2/c1-5-13-17(15(18)19-16(2,3)4)14-11-9-7-6-8-10-12-14/h5,14H,1,6-13H2,2-4H3. The molecule has 1 amide bonds. The second-order valence-corrected chi connectivity index (χ2v) is 6.42. The number of ether oxygens (including phenoxy) is 1. The molecule has 0 bridgehead atoms. The molecule has 3 heteroatoms. The van der Waals surface area contributed by atoms with E-state index < -0.39 is 5.60 Å². The van der Waals surface area contributed by atoms with Gasteiger partial charge in [-0.1, -0.05) is 38.2 Å². The van der Waals surface area contributed by atoms with Gasteiger partial charge in [-0.3, -0.25) is 0 Å². The van der Waals surface area contributed by atoms with Crippen molar-refractivity contribution < 1.29 is 9.53 Å². The highest BCUT2D eigenvalue weighted by Gasteiger charge is 2.27. The van der Waals surface area contributed by atoms with Crippen LogP contribution >= 0.6 is 0 Å². The first-order chi connectivity index (χ1) is 8.94. The number of nitrogens with zero attached hydrogens (tertiary/aromatic N) is 1. The fourth-order valence-corrected chi connectivity index (χ4v) is 2.58. The summed E-state index contributed by atoms with van der Waals surface area (Å²) in [5.41, 5.74) is -0.432. The van der Waals surface area contributed by atoms with Gasteiger partial charge in [-0.25, -0.2) is 4.79 Å². The van der Waals surface area contributed by atoms with E-state index in [2.05, 4.69) is 6.58 Å². The van der Waals surface area contributed by atoms with Crippen molar-refractivity contribution in [1.29, 1.82) is 0 Å². The van der Waals surface area contributed by atoms with Crippen molar-refractivity contribution in [3.63, 3.8) is 0 Å². The fraction of sp³-hybridized carbons (Fsp3) is 0.812. The molecule has 19 heavy (non-hydrogen) atoms. The molecule has 1 rings (SSSR count). The van der Waals surface area contributed by atoms with E-state index in [1.165, 1.54) is 32.1 Å². The van der Waals surface area contributed by atoms with Crippen molar-refractivity contribution in [1.82, 2.24) is 4.90 Å². The van der Waals surface area contributed by atoms with Crippen LogP contribution in [0.4, 0.5) is 4.79 Å². The summed E-state index contributed by atoms with van der Waals surface area (Å²) in [5.74, 6) is 0. The van der Waals surface area contributed by atoms with Crippen molar-refractivity contribution in [3.05, 3.63) is 12.7 Å². The second-order valence-electron chi connectivity index (χ2n) is 6.42. The van der Waals surface area contributed by atoms with Gasteiger partial charge >= 0.3 is 6.09 Å². The van der Waals surface area contributed by atoms with Gasteiger partial charge in [0.1, 0.15) is 5.60 Å². The lowest BCUT2D eigenvalue weighted by atomic mass is 9.96. The zero-order chi connectivity index (χ0) is 14.3. The van der Waals surface area contributed by atoms with Crippen LogP contribution in [0.15, 0.2) is 12.7 Å². The molecular weight excluding hydrogens is 238 g/mol. The Morgan fingerprint density at radius 2 is 1.74 bits per heavy atom. The molecule has 0 aromatic heterocycles. The van der Waals surface area contributed by atoms with Gasteiger partial charge in [-0.05, 0) is 33.6 Å². The molecule has 0 atom stereocenters. The van der Waals surface area contributed by atoms with E-state index in [-0.39, 0.29) is 6.09 Å². The Bertz CT molecular complexity index is 286. The molecule has 0 heterocycles. The van der Waals surface area contributed by atoms with Gasteiger partial charge in [-0.15, -0.1) is 6.58 Å². The third-order valence-electron chi connectivity index (χ3n) is 3.47. The first-order valence-electron chi connectivity index (χ1n) is 7.54. The highest BCUT2D eigenvalue weighted by atomic mass is 16.6. The molecule has 1 fully saturated rings. The van der Waals surface area contributed by atoms with Crippen molar-refractivity contribution in [2.24, 2.45) is 0 Å². The van der Waals surface area contributed by atoms with E-state index in [0.717, 1.165) is 12.8 Å². The Labute approximate surface area is 118 Å². The molecule has 110 valence electrons. The van der Waals surface area contributed by atoms with Crippen LogP contribution in [0.25, 0.3) is 0 Å². The van der Waals surface area contributed by atoms with Crippen molar-refractivity contribution in [2.45, 2.75) is 77.4 Å². The van der Waals surface area contributed by atoms with Crippen LogP contribution in [0.1, 0.15) is 65.7 Å². The Balaban J connectivity index is 2.67. The van der Waals surface area contributed by atoms with Crippen LogP contribution < -0.4 is 0 Å². The Kier molecular flexibility index (Phi) is 6.40. The van der Waals surface area contributed by atoms with Crippen molar-refractivity contribution in [2.75, 3.05) is 6.54 Å². The van der Waals surface area contributed by atoms with Crippen molar-refractivity contribution in [3.8, 4) is 0 Å². The number of hydrogen-bond donors (Lipinski definition) is 0. The zero-order valence-electron chi connectivity index (χ0n) is 12.8. The molecule has 0 aromatic carbocycles. The summed E-state index contributed by atoms with van der Waals surface area (Å²) < 4.78 is 5.52. The minimum absolute atomic E-state index is 0.196. The summed E-state index contributed by atoms with van der Waals surface area (Å²) in [4.78, 5) is 14.2. The molecule has 3 nitrogen and oxygen atoms in total. The van der Waals surface area contributed by atoms with Gasteiger partial charge in [0, 0.05) is 12.6 Å². The van der Waals surface area contributed by atoms with Crippen LogP contribution in [0, 0.1) is 0 Å². The maximum absolute atomic E-state index is 12.3. The maximum Gasteiger partial charge on any atom is 0.410 e. The lowest BCUT2D eigenvalue weighted by Crippen LogP contribution is -2.43. The molecule has 0 spiro atoms. The van der Waals surface area contributed by atoms with Crippen LogP contribution in [0.2, 0.25) is 0 Å². The number of amides is 1. The van der Waals surface area contributed by atoms with Gasteiger partial charge in [0.15, 0.2) is 0 Å². The zero-order valence-corrected chi connectivity index (χ0v) is 12.8. The van der Waals surface area contributed by atoms with Crippen LogP contribution in [0.3, 0.4) is 0 Å². The highest BCUT2D eigenvalue weighted by Crippen LogP contribution is 2.23. The summed E-state index contributed by atoms with van der Waals surface area (Å²) in [6.45, 7) is 10.1. The number of carbonyl (C=O) groups is 1. The summed E-state index contributed by atoms with van der Waals surface area (Å²) in [6.07, 6.45) is 10.1. The summed E-state index contributed by atoms with van der Waals surface area (Å²) in [6, 6.07) is 0.313. The SMILES string of the molecule is C=CCN(C(=O)OC(C)(C)C)C1CCCCCCC1. The first-order valence-corrected chi connectivity index (χ1v) is 7.54.